The van der Waals surface area contributed by atoms with Crippen LogP contribution in [0.4, 0.5) is 5.69 Å². The quantitative estimate of drug-likeness (QED) is 0.511. The monoisotopic (exact) mass is 496 g/mol. The summed E-state index contributed by atoms with van der Waals surface area (Å²) in [7, 11) is -0.666. The fourth-order valence-electron chi connectivity index (χ4n) is 4.03. The van der Waals surface area contributed by atoms with Crippen molar-refractivity contribution in [2.45, 2.75) is 24.8 Å². The van der Waals surface area contributed by atoms with Gasteiger partial charge in [-0.25, -0.2) is 8.42 Å². The first-order chi connectivity index (χ1) is 16.8. The second kappa shape index (κ2) is 10.3. The number of carbonyl (C=O) groups excluding carboxylic acids is 1. The molecule has 0 bridgehead atoms. The lowest BCUT2D eigenvalue weighted by Gasteiger charge is -2.35. The predicted octanol–water partition coefficient (Wildman–Crippen LogP) is 3.68. The van der Waals surface area contributed by atoms with E-state index in [4.69, 9.17) is 14.2 Å². The van der Waals surface area contributed by atoms with Gasteiger partial charge in [-0.2, -0.15) is 0 Å². The normalized spacial score (nSPS) is 16.0. The Morgan fingerprint density at radius 2 is 1.77 bits per heavy atom. The molecule has 1 heterocycles. The number of rotatable bonds is 8. The van der Waals surface area contributed by atoms with E-state index >= 15 is 0 Å². The molecule has 0 aromatic heterocycles. The molecule has 2 atom stereocenters. The Labute approximate surface area is 205 Å². The number of hydrogen-bond acceptors (Lipinski definition) is 6. The van der Waals surface area contributed by atoms with E-state index in [1.165, 1.54) is 4.31 Å². The maximum atomic E-state index is 13.4. The van der Waals surface area contributed by atoms with Gasteiger partial charge in [0.25, 0.3) is 5.91 Å². The number of anilines is 1. The zero-order valence-corrected chi connectivity index (χ0v) is 20.6. The lowest BCUT2D eigenvalue weighted by Crippen LogP contribution is -2.51. The largest absolute Gasteiger partial charge is 0.497 e. The number of hydrogen-bond donors (Lipinski definition) is 1. The first kappa shape index (κ1) is 24.4. The van der Waals surface area contributed by atoms with E-state index in [1.54, 1.807) is 80.9 Å². The molecule has 1 N–H and O–H groups in total. The number of carbonyl (C=O) groups is 1. The highest BCUT2D eigenvalue weighted by molar-refractivity contribution is 7.92. The van der Waals surface area contributed by atoms with Gasteiger partial charge in [-0.15, -0.1) is 0 Å². The molecule has 0 aliphatic carbocycles. The van der Waals surface area contributed by atoms with Gasteiger partial charge in [0.05, 0.1) is 38.2 Å². The van der Waals surface area contributed by atoms with Gasteiger partial charge in [0.1, 0.15) is 17.2 Å². The molecule has 184 valence electrons. The SMILES string of the molecule is COc1ccc(OC)c([C@H](C)NC(=O)[C@H]2CN(S(=O)(=O)Cc3ccccc3)c3ccccc3O2)c1. The molecular weight excluding hydrogens is 468 g/mol. The Morgan fingerprint density at radius 3 is 2.49 bits per heavy atom. The van der Waals surface area contributed by atoms with Gasteiger partial charge in [0.2, 0.25) is 10.0 Å². The predicted molar refractivity (Wildman–Crippen MR) is 133 cm³/mol. The molecule has 35 heavy (non-hydrogen) atoms. The third kappa shape index (κ3) is 5.35. The zero-order valence-electron chi connectivity index (χ0n) is 19.8. The van der Waals surface area contributed by atoms with Crippen molar-refractivity contribution < 1.29 is 27.4 Å². The van der Waals surface area contributed by atoms with Gasteiger partial charge in [-0.05, 0) is 42.8 Å². The van der Waals surface area contributed by atoms with Crippen molar-refractivity contribution in [2.24, 2.45) is 0 Å². The van der Waals surface area contributed by atoms with Crippen LogP contribution in [-0.2, 0) is 20.6 Å². The lowest BCUT2D eigenvalue weighted by atomic mass is 10.1. The van der Waals surface area contributed by atoms with Crippen molar-refractivity contribution in [1.82, 2.24) is 5.32 Å². The van der Waals surface area contributed by atoms with Crippen LogP contribution in [0.25, 0.3) is 0 Å². The fraction of sp³-hybridized carbons (Fsp3) is 0.269. The van der Waals surface area contributed by atoms with Crippen molar-refractivity contribution in [3.05, 3.63) is 83.9 Å². The Kier molecular flexibility index (Phi) is 7.16. The highest BCUT2D eigenvalue weighted by Crippen LogP contribution is 2.36. The molecule has 0 unspecified atom stereocenters. The molecule has 0 spiro atoms. The van der Waals surface area contributed by atoms with Crippen molar-refractivity contribution in [1.29, 1.82) is 0 Å². The minimum atomic E-state index is -3.78. The summed E-state index contributed by atoms with van der Waals surface area (Å²) < 4.78 is 44.7. The summed E-state index contributed by atoms with van der Waals surface area (Å²) in [6.45, 7) is 1.68. The Balaban J connectivity index is 1.58. The molecule has 9 heteroatoms. The minimum Gasteiger partial charge on any atom is -0.497 e. The summed E-state index contributed by atoms with van der Waals surface area (Å²) in [5.41, 5.74) is 1.80. The van der Waals surface area contributed by atoms with Crippen LogP contribution in [0.1, 0.15) is 24.1 Å². The average Bonchev–Trinajstić information content (AvgIpc) is 2.87. The molecule has 3 aromatic carbocycles. The average molecular weight is 497 g/mol. The van der Waals surface area contributed by atoms with E-state index in [-0.39, 0.29) is 12.3 Å². The van der Waals surface area contributed by atoms with Gasteiger partial charge >= 0.3 is 0 Å². The summed E-state index contributed by atoms with van der Waals surface area (Å²) >= 11 is 0. The van der Waals surface area contributed by atoms with Crippen LogP contribution in [0.2, 0.25) is 0 Å². The van der Waals surface area contributed by atoms with Crippen molar-refractivity contribution >= 4 is 21.6 Å². The van der Waals surface area contributed by atoms with Crippen LogP contribution >= 0.6 is 0 Å². The summed E-state index contributed by atoms with van der Waals surface area (Å²) in [6.07, 6.45) is -1.03. The van der Waals surface area contributed by atoms with Crippen LogP contribution in [-0.4, -0.2) is 41.2 Å². The first-order valence-corrected chi connectivity index (χ1v) is 12.8. The zero-order chi connectivity index (χ0) is 25.0. The maximum absolute atomic E-state index is 13.4. The topological polar surface area (TPSA) is 94.2 Å². The number of benzene rings is 3. The number of ether oxygens (including phenoxy) is 3. The molecule has 1 aliphatic rings. The molecule has 3 aromatic rings. The van der Waals surface area contributed by atoms with Gasteiger partial charge in [0, 0.05) is 5.56 Å². The number of sulfonamides is 1. The summed E-state index contributed by atoms with van der Waals surface area (Å²) in [4.78, 5) is 13.2. The van der Waals surface area contributed by atoms with E-state index in [9.17, 15) is 13.2 Å². The number of amides is 1. The Bertz CT molecular complexity index is 1300. The van der Waals surface area contributed by atoms with E-state index in [0.29, 0.717) is 28.5 Å². The third-order valence-corrected chi connectivity index (χ3v) is 7.53. The molecule has 0 saturated heterocycles. The first-order valence-electron chi connectivity index (χ1n) is 11.1. The van der Waals surface area contributed by atoms with Crippen LogP contribution in [0, 0.1) is 0 Å². The van der Waals surface area contributed by atoms with Crippen molar-refractivity contribution in [3.8, 4) is 17.2 Å². The number of nitrogens with one attached hydrogen (secondary N) is 1. The van der Waals surface area contributed by atoms with E-state index in [0.717, 1.165) is 5.56 Å². The molecule has 1 aliphatic heterocycles. The number of nitrogens with zero attached hydrogens (tertiary/aromatic N) is 1. The molecule has 4 rings (SSSR count). The number of fused-ring (bicyclic) bond motifs is 1. The van der Waals surface area contributed by atoms with Crippen LogP contribution in [0.15, 0.2) is 72.8 Å². The summed E-state index contributed by atoms with van der Waals surface area (Å²) in [6, 6.07) is 20.6. The third-order valence-electron chi connectivity index (χ3n) is 5.82. The van der Waals surface area contributed by atoms with E-state index < -0.39 is 28.1 Å². The number of para-hydroxylation sites is 2. The van der Waals surface area contributed by atoms with Crippen LogP contribution < -0.4 is 23.8 Å². The fourth-order valence-corrected chi connectivity index (χ4v) is 5.61. The second-order valence-electron chi connectivity index (χ2n) is 8.19. The highest BCUT2D eigenvalue weighted by Gasteiger charge is 2.37. The Morgan fingerprint density at radius 1 is 1.06 bits per heavy atom. The van der Waals surface area contributed by atoms with Gasteiger partial charge in [-0.1, -0.05) is 42.5 Å². The molecule has 0 radical (unpaired) electrons. The van der Waals surface area contributed by atoms with Crippen molar-refractivity contribution in [3.63, 3.8) is 0 Å². The molecule has 0 fully saturated rings. The summed E-state index contributed by atoms with van der Waals surface area (Å²) in [5.74, 6) is 0.941. The van der Waals surface area contributed by atoms with Crippen molar-refractivity contribution in [2.75, 3.05) is 25.1 Å². The second-order valence-corrected chi connectivity index (χ2v) is 10.1. The standard InChI is InChI=1S/C26H28N2O6S/c1-18(21-15-20(32-2)13-14-23(21)33-3)27-26(29)25-16-28(22-11-7-8-12-24(22)34-25)35(30,31)17-19-9-5-4-6-10-19/h4-15,18,25H,16-17H2,1-3H3,(H,27,29)/t18-,25+/m0/s1. The number of methoxy groups -OCH3 is 2. The van der Waals surface area contributed by atoms with Gasteiger partial charge in [0.15, 0.2) is 6.10 Å². The Hall–Kier alpha value is -3.72. The van der Waals surface area contributed by atoms with Gasteiger partial charge < -0.3 is 19.5 Å². The van der Waals surface area contributed by atoms with Crippen LogP contribution in [0.3, 0.4) is 0 Å². The van der Waals surface area contributed by atoms with E-state index in [1.807, 2.05) is 13.0 Å². The lowest BCUT2D eigenvalue weighted by molar-refractivity contribution is -0.128. The molecule has 1 amide bonds. The molecular formula is C26H28N2O6S. The minimum absolute atomic E-state index is 0.139. The van der Waals surface area contributed by atoms with Gasteiger partial charge in [-0.3, -0.25) is 9.10 Å². The van der Waals surface area contributed by atoms with Crippen LogP contribution in [0.5, 0.6) is 17.2 Å². The van der Waals surface area contributed by atoms with E-state index in [2.05, 4.69) is 5.32 Å². The maximum Gasteiger partial charge on any atom is 0.263 e. The molecule has 0 saturated carbocycles. The smallest absolute Gasteiger partial charge is 0.263 e. The molecule has 8 nitrogen and oxygen atoms in total. The summed E-state index contributed by atoms with van der Waals surface area (Å²) in [5, 5.41) is 2.92. The highest BCUT2D eigenvalue weighted by atomic mass is 32.2.